The second-order valence-corrected chi connectivity index (χ2v) is 9.87. The van der Waals surface area contributed by atoms with E-state index in [-0.39, 0.29) is 16.8 Å². The Morgan fingerprint density at radius 3 is 2.31 bits per heavy atom. The summed E-state index contributed by atoms with van der Waals surface area (Å²) in [7, 11) is 0. The Bertz CT molecular complexity index is 1320. The lowest BCUT2D eigenvalue weighted by molar-refractivity contribution is 0.104. The van der Waals surface area contributed by atoms with Gasteiger partial charge in [0.25, 0.3) is 0 Å². The Hall–Kier alpha value is -3.95. The highest BCUT2D eigenvalue weighted by Gasteiger charge is 2.31. The van der Waals surface area contributed by atoms with E-state index in [9.17, 15) is 15.3 Å². The van der Waals surface area contributed by atoms with Crippen molar-refractivity contribution < 1.29 is 4.79 Å². The van der Waals surface area contributed by atoms with Crippen molar-refractivity contribution in [1.82, 2.24) is 0 Å². The van der Waals surface area contributed by atoms with Crippen LogP contribution in [0.15, 0.2) is 100 Å². The van der Waals surface area contributed by atoms with Gasteiger partial charge >= 0.3 is 0 Å². The lowest BCUT2D eigenvalue weighted by Gasteiger charge is -2.32. The zero-order valence-corrected chi connectivity index (χ0v) is 21.3. The number of benzene rings is 1. The average Bonchev–Trinajstić information content (AvgIpc) is 3.09. The number of carbonyl (C=O) groups excluding carboxylic acids is 1. The van der Waals surface area contributed by atoms with E-state index in [0.717, 1.165) is 11.1 Å². The molecule has 0 amide bonds. The third-order valence-electron chi connectivity index (χ3n) is 6.72. The van der Waals surface area contributed by atoms with Crippen molar-refractivity contribution in [3.05, 3.63) is 111 Å². The Kier molecular flexibility index (Phi) is 8.06. The highest BCUT2D eigenvalue weighted by molar-refractivity contribution is 6.27. The number of nitrogens with zero attached hydrogens (tertiary/aromatic N) is 2. The molecule has 0 aliphatic heterocycles. The summed E-state index contributed by atoms with van der Waals surface area (Å²) in [6, 6.07) is 11.0. The van der Waals surface area contributed by atoms with E-state index in [2.05, 4.69) is 45.9 Å². The second-order valence-electron chi connectivity index (χ2n) is 9.87. The van der Waals surface area contributed by atoms with Crippen LogP contribution in [0.2, 0.25) is 0 Å². The molecule has 0 N–H and O–H groups in total. The van der Waals surface area contributed by atoms with Gasteiger partial charge < -0.3 is 0 Å². The topological polar surface area (TPSA) is 64.7 Å². The summed E-state index contributed by atoms with van der Waals surface area (Å²) in [6.45, 7) is 10.9. The highest BCUT2D eigenvalue weighted by Crippen LogP contribution is 2.41. The quantitative estimate of drug-likeness (QED) is 0.253. The van der Waals surface area contributed by atoms with Gasteiger partial charge in [-0.15, -0.1) is 0 Å². The minimum atomic E-state index is -0.164. The van der Waals surface area contributed by atoms with Gasteiger partial charge in [-0.25, -0.2) is 0 Å². The molecule has 0 bridgehead atoms. The van der Waals surface area contributed by atoms with E-state index in [4.69, 9.17) is 0 Å². The first-order valence-electron chi connectivity index (χ1n) is 12.0. The van der Waals surface area contributed by atoms with Crippen LogP contribution >= 0.6 is 0 Å². The minimum Gasteiger partial charge on any atom is -0.289 e. The third kappa shape index (κ3) is 5.76. The van der Waals surface area contributed by atoms with Crippen LogP contribution in [0.3, 0.4) is 0 Å². The monoisotopic (exact) mass is 460 g/mol. The number of nitriles is 2. The molecule has 35 heavy (non-hydrogen) atoms. The number of Topliss-reactive ketones (excluding diaryl/α,β-unsaturated/α-hetero) is 1. The van der Waals surface area contributed by atoms with Crippen LogP contribution in [0.1, 0.15) is 69.8 Å². The predicted octanol–water partition coefficient (Wildman–Crippen LogP) is 8.14. The lowest BCUT2D eigenvalue weighted by atomic mass is 9.72. The molecule has 2 aliphatic carbocycles. The maximum Gasteiger partial charge on any atom is 0.194 e. The molecule has 3 nitrogen and oxygen atoms in total. The summed E-state index contributed by atoms with van der Waals surface area (Å²) in [4.78, 5) is 12.9. The van der Waals surface area contributed by atoms with Crippen molar-refractivity contribution in [2.45, 2.75) is 53.9 Å². The maximum atomic E-state index is 12.9. The Morgan fingerprint density at radius 2 is 1.66 bits per heavy atom. The van der Waals surface area contributed by atoms with E-state index >= 15 is 0 Å². The molecule has 0 unspecified atom stereocenters. The zero-order chi connectivity index (χ0) is 25.6. The van der Waals surface area contributed by atoms with Gasteiger partial charge in [0, 0.05) is 16.7 Å². The van der Waals surface area contributed by atoms with Crippen molar-refractivity contribution >= 4 is 11.4 Å². The molecule has 0 atom stereocenters. The van der Waals surface area contributed by atoms with Crippen molar-refractivity contribution in [2.75, 3.05) is 0 Å². The fourth-order valence-corrected chi connectivity index (χ4v) is 4.77. The molecule has 1 aromatic carbocycles. The van der Waals surface area contributed by atoms with Crippen LogP contribution in [0.4, 0.5) is 0 Å². The van der Waals surface area contributed by atoms with Gasteiger partial charge in [-0.2, -0.15) is 10.5 Å². The van der Waals surface area contributed by atoms with Gasteiger partial charge in [0.2, 0.25) is 0 Å². The second kappa shape index (κ2) is 11.0. The molecule has 2 aliphatic rings. The fraction of sp³-hybridized carbons (Fsp3) is 0.281. The van der Waals surface area contributed by atoms with Crippen LogP contribution in [0.5, 0.6) is 0 Å². The molecule has 176 valence electrons. The van der Waals surface area contributed by atoms with Crippen LogP contribution in [-0.2, 0) is 0 Å². The van der Waals surface area contributed by atoms with Crippen molar-refractivity contribution in [1.29, 1.82) is 10.5 Å². The summed E-state index contributed by atoms with van der Waals surface area (Å²) >= 11 is 0. The number of hydrogen-bond acceptors (Lipinski definition) is 3. The SMILES string of the molecule is CC1=C(/C=C/C(C)=C/C=C/C(C)=C/C=C2/C(=O)c3ccccc3C2=C(C#N)C#N)C(C)(C)CCC1. The molecule has 0 saturated carbocycles. The average molecular weight is 461 g/mol. The smallest absolute Gasteiger partial charge is 0.194 e. The first-order valence-corrected chi connectivity index (χ1v) is 12.0. The van der Waals surface area contributed by atoms with Gasteiger partial charge in [-0.3, -0.25) is 4.79 Å². The van der Waals surface area contributed by atoms with Gasteiger partial charge in [0.05, 0.1) is 0 Å². The minimum absolute atomic E-state index is 0.0482. The lowest BCUT2D eigenvalue weighted by Crippen LogP contribution is -2.19. The summed E-state index contributed by atoms with van der Waals surface area (Å²) in [6.07, 6.45) is 17.7. The van der Waals surface area contributed by atoms with Crippen molar-refractivity contribution in [2.24, 2.45) is 5.41 Å². The van der Waals surface area contributed by atoms with E-state index in [1.165, 1.54) is 30.4 Å². The Balaban J connectivity index is 1.81. The van der Waals surface area contributed by atoms with E-state index in [1.54, 1.807) is 24.3 Å². The van der Waals surface area contributed by atoms with Crippen LogP contribution in [0.25, 0.3) is 5.57 Å². The van der Waals surface area contributed by atoms with E-state index < -0.39 is 0 Å². The molecule has 0 saturated heterocycles. The number of hydrogen-bond donors (Lipinski definition) is 0. The fourth-order valence-electron chi connectivity index (χ4n) is 4.77. The molecular formula is C32H32N2O. The number of rotatable bonds is 5. The number of fused-ring (bicyclic) bond motifs is 1. The first kappa shape index (κ1) is 25.7. The highest BCUT2D eigenvalue weighted by atomic mass is 16.1. The standard InChI is InChI=1S/C32H32N2O/c1-22(10-8-11-23(2)16-18-29-24(3)12-9-19-32(29,4)5)15-17-28-30(25(20-33)21-34)26-13-6-7-14-27(26)31(28)35/h6-8,10-11,13-18H,9,12,19H2,1-5H3/b10-8+,18-16+,22-15+,23-11+,28-17+. The molecular weight excluding hydrogens is 428 g/mol. The third-order valence-corrected chi connectivity index (χ3v) is 6.72. The summed E-state index contributed by atoms with van der Waals surface area (Å²) in [5, 5.41) is 18.8. The van der Waals surface area contributed by atoms with Gasteiger partial charge in [-0.05, 0) is 56.6 Å². The molecule has 3 rings (SSSR count). The van der Waals surface area contributed by atoms with E-state index in [1.807, 2.05) is 43.4 Å². The normalized spacial score (nSPS) is 19.5. The maximum absolute atomic E-state index is 12.9. The largest absolute Gasteiger partial charge is 0.289 e. The number of ketones is 1. The molecule has 0 aromatic heterocycles. The Labute approximate surface area is 209 Å². The molecule has 0 heterocycles. The number of carbonyl (C=O) groups is 1. The molecule has 0 spiro atoms. The zero-order valence-electron chi connectivity index (χ0n) is 21.3. The molecule has 1 aromatic rings. The predicted molar refractivity (Wildman–Crippen MR) is 143 cm³/mol. The van der Waals surface area contributed by atoms with Crippen LogP contribution in [-0.4, -0.2) is 5.78 Å². The first-order chi connectivity index (χ1) is 16.7. The van der Waals surface area contributed by atoms with Gasteiger partial charge in [0.1, 0.15) is 17.7 Å². The number of allylic oxidation sites excluding steroid dienone is 14. The van der Waals surface area contributed by atoms with Gasteiger partial charge in [0.15, 0.2) is 5.78 Å². The molecule has 0 fully saturated rings. The van der Waals surface area contributed by atoms with Crippen molar-refractivity contribution in [3.63, 3.8) is 0 Å². The van der Waals surface area contributed by atoms with Crippen LogP contribution in [0, 0.1) is 28.1 Å². The van der Waals surface area contributed by atoms with Crippen LogP contribution < -0.4 is 0 Å². The Morgan fingerprint density at radius 1 is 1.00 bits per heavy atom. The molecule has 0 radical (unpaired) electrons. The molecule has 3 heteroatoms. The van der Waals surface area contributed by atoms with E-state index in [0.29, 0.717) is 22.3 Å². The summed E-state index contributed by atoms with van der Waals surface area (Å²) in [5.41, 5.74) is 7.19. The summed E-state index contributed by atoms with van der Waals surface area (Å²) < 4.78 is 0. The van der Waals surface area contributed by atoms with Gasteiger partial charge in [-0.1, -0.05) is 97.4 Å². The summed E-state index contributed by atoms with van der Waals surface area (Å²) in [5.74, 6) is -0.164. The van der Waals surface area contributed by atoms with Crippen molar-refractivity contribution in [3.8, 4) is 12.1 Å².